The van der Waals surface area contributed by atoms with E-state index in [0.717, 1.165) is 23.3 Å². The molecule has 2 N–H and O–H groups in total. The van der Waals surface area contributed by atoms with Crippen molar-refractivity contribution in [3.05, 3.63) is 42.1 Å². The number of para-hydroxylation sites is 1. The van der Waals surface area contributed by atoms with Crippen molar-refractivity contribution >= 4 is 5.82 Å². The molecular weight excluding hydrogens is 212 g/mol. The van der Waals surface area contributed by atoms with Crippen LogP contribution < -0.4 is 10.5 Å². The van der Waals surface area contributed by atoms with Gasteiger partial charge in [0.05, 0.1) is 7.11 Å². The summed E-state index contributed by atoms with van der Waals surface area (Å²) in [7, 11) is 1.68. The Hall–Kier alpha value is -2.03. The quantitative estimate of drug-likeness (QED) is 0.878. The zero-order chi connectivity index (χ0) is 12.3. The minimum atomic E-state index is 0.556. The summed E-state index contributed by atoms with van der Waals surface area (Å²) < 4.78 is 5.37. The van der Waals surface area contributed by atoms with Crippen LogP contribution in [0.25, 0.3) is 11.1 Å². The minimum Gasteiger partial charge on any atom is -0.496 e. The summed E-state index contributed by atoms with van der Waals surface area (Å²) >= 11 is 0. The fourth-order valence-electron chi connectivity index (χ4n) is 1.92. The molecule has 0 amide bonds. The monoisotopic (exact) mass is 228 g/mol. The second-order valence-electron chi connectivity index (χ2n) is 3.82. The molecule has 0 aliphatic carbocycles. The highest BCUT2D eigenvalue weighted by Gasteiger charge is 2.09. The third kappa shape index (κ3) is 2.23. The second kappa shape index (κ2) is 4.87. The predicted octanol–water partition coefficient (Wildman–Crippen LogP) is 2.90. The number of hydrogen-bond acceptors (Lipinski definition) is 3. The molecule has 88 valence electrons. The first-order valence-corrected chi connectivity index (χ1v) is 5.64. The fraction of sp³-hybridized carbons (Fsp3) is 0.214. The third-order valence-electron chi connectivity index (χ3n) is 2.79. The topological polar surface area (TPSA) is 48.1 Å². The van der Waals surface area contributed by atoms with Crippen LogP contribution in [0.3, 0.4) is 0 Å². The number of nitrogens with two attached hydrogens (primary N) is 1. The molecule has 3 nitrogen and oxygen atoms in total. The zero-order valence-electron chi connectivity index (χ0n) is 10.1. The lowest BCUT2D eigenvalue weighted by Crippen LogP contribution is -1.96. The molecule has 3 heteroatoms. The molecule has 0 aliphatic heterocycles. The molecule has 0 fully saturated rings. The van der Waals surface area contributed by atoms with Crippen molar-refractivity contribution in [2.45, 2.75) is 13.3 Å². The number of pyridine rings is 1. The van der Waals surface area contributed by atoms with Crippen LogP contribution in [0, 0.1) is 0 Å². The molecule has 1 heterocycles. The van der Waals surface area contributed by atoms with Gasteiger partial charge in [0, 0.05) is 17.3 Å². The molecule has 17 heavy (non-hydrogen) atoms. The molecule has 0 unspecified atom stereocenters. The van der Waals surface area contributed by atoms with Crippen LogP contribution in [0.1, 0.15) is 12.5 Å². The highest BCUT2D eigenvalue weighted by molar-refractivity contribution is 5.73. The maximum atomic E-state index is 5.71. The molecule has 0 saturated heterocycles. The molecule has 2 rings (SSSR count). The van der Waals surface area contributed by atoms with Gasteiger partial charge in [-0.3, -0.25) is 0 Å². The van der Waals surface area contributed by atoms with Gasteiger partial charge < -0.3 is 10.5 Å². The van der Waals surface area contributed by atoms with Crippen molar-refractivity contribution in [1.82, 2.24) is 4.98 Å². The highest BCUT2D eigenvalue weighted by atomic mass is 16.5. The second-order valence-corrected chi connectivity index (χ2v) is 3.82. The minimum absolute atomic E-state index is 0.556. The van der Waals surface area contributed by atoms with E-state index in [2.05, 4.69) is 11.9 Å². The molecule has 2 aromatic rings. The number of ether oxygens (including phenoxy) is 1. The van der Waals surface area contributed by atoms with Gasteiger partial charge >= 0.3 is 0 Å². The number of aromatic nitrogens is 1. The number of rotatable bonds is 3. The SMILES string of the molecule is CCc1cc(N)ncc1-c1ccccc1OC. The van der Waals surface area contributed by atoms with Crippen LogP contribution in [-0.4, -0.2) is 12.1 Å². The average Bonchev–Trinajstić information content (AvgIpc) is 2.38. The van der Waals surface area contributed by atoms with E-state index in [-0.39, 0.29) is 0 Å². The van der Waals surface area contributed by atoms with Crippen molar-refractivity contribution in [2.75, 3.05) is 12.8 Å². The van der Waals surface area contributed by atoms with Crippen molar-refractivity contribution in [3.63, 3.8) is 0 Å². The Labute approximate surface area is 101 Å². The van der Waals surface area contributed by atoms with E-state index >= 15 is 0 Å². The van der Waals surface area contributed by atoms with Crippen molar-refractivity contribution < 1.29 is 4.74 Å². The number of benzene rings is 1. The molecule has 0 radical (unpaired) electrons. The summed E-state index contributed by atoms with van der Waals surface area (Å²) in [4.78, 5) is 4.16. The number of anilines is 1. The van der Waals surface area contributed by atoms with E-state index in [9.17, 15) is 0 Å². The first kappa shape index (κ1) is 11.5. The summed E-state index contributed by atoms with van der Waals surface area (Å²) in [5.74, 6) is 1.41. The smallest absolute Gasteiger partial charge is 0.126 e. The third-order valence-corrected chi connectivity index (χ3v) is 2.79. The zero-order valence-corrected chi connectivity index (χ0v) is 10.1. The lowest BCUT2D eigenvalue weighted by Gasteiger charge is -2.12. The largest absolute Gasteiger partial charge is 0.496 e. The van der Waals surface area contributed by atoms with E-state index in [4.69, 9.17) is 10.5 Å². The number of nitrogen functional groups attached to an aromatic ring is 1. The van der Waals surface area contributed by atoms with Crippen LogP contribution in [0.5, 0.6) is 5.75 Å². The lowest BCUT2D eigenvalue weighted by atomic mass is 9.99. The van der Waals surface area contributed by atoms with E-state index in [1.165, 1.54) is 5.56 Å². The summed E-state index contributed by atoms with van der Waals surface area (Å²) in [6, 6.07) is 9.85. The first-order valence-electron chi connectivity index (χ1n) is 5.64. The summed E-state index contributed by atoms with van der Waals surface area (Å²) in [6.07, 6.45) is 2.73. The van der Waals surface area contributed by atoms with Crippen LogP contribution in [0.4, 0.5) is 5.82 Å². The number of aryl methyl sites for hydroxylation is 1. The Balaban J connectivity index is 2.59. The summed E-state index contributed by atoms with van der Waals surface area (Å²) in [6.45, 7) is 2.10. The maximum absolute atomic E-state index is 5.71. The number of hydrogen-bond donors (Lipinski definition) is 1. The van der Waals surface area contributed by atoms with Crippen molar-refractivity contribution in [2.24, 2.45) is 0 Å². The predicted molar refractivity (Wildman–Crippen MR) is 70.0 cm³/mol. The van der Waals surface area contributed by atoms with Gasteiger partial charge in [0.25, 0.3) is 0 Å². The van der Waals surface area contributed by atoms with Gasteiger partial charge in [-0.1, -0.05) is 25.1 Å². The molecule has 0 spiro atoms. The van der Waals surface area contributed by atoms with Crippen LogP contribution in [0.15, 0.2) is 36.5 Å². The van der Waals surface area contributed by atoms with Gasteiger partial charge in [0.15, 0.2) is 0 Å². The molecule has 1 aromatic carbocycles. The Kier molecular flexibility index (Phi) is 3.28. The lowest BCUT2D eigenvalue weighted by molar-refractivity contribution is 0.416. The Morgan fingerprint density at radius 3 is 2.71 bits per heavy atom. The normalized spacial score (nSPS) is 10.2. The molecule has 0 atom stereocenters. The van der Waals surface area contributed by atoms with E-state index in [1.54, 1.807) is 7.11 Å². The number of methoxy groups -OCH3 is 1. The molecule has 0 saturated carbocycles. The van der Waals surface area contributed by atoms with Crippen LogP contribution in [-0.2, 0) is 6.42 Å². The summed E-state index contributed by atoms with van der Waals surface area (Å²) in [5.41, 5.74) is 9.03. The van der Waals surface area contributed by atoms with E-state index in [1.807, 2.05) is 36.5 Å². The van der Waals surface area contributed by atoms with E-state index in [0.29, 0.717) is 5.82 Å². The first-order chi connectivity index (χ1) is 8.26. The average molecular weight is 228 g/mol. The Morgan fingerprint density at radius 2 is 2.00 bits per heavy atom. The summed E-state index contributed by atoms with van der Waals surface area (Å²) in [5, 5.41) is 0. The Morgan fingerprint density at radius 1 is 1.24 bits per heavy atom. The van der Waals surface area contributed by atoms with Crippen molar-refractivity contribution in [1.29, 1.82) is 0 Å². The van der Waals surface area contributed by atoms with Gasteiger partial charge in [-0.15, -0.1) is 0 Å². The van der Waals surface area contributed by atoms with E-state index < -0.39 is 0 Å². The standard InChI is InChI=1S/C14H16N2O/c1-3-10-8-14(15)16-9-12(10)11-6-4-5-7-13(11)17-2/h4-9H,3H2,1-2H3,(H2,15,16). The highest BCUT2D eigenvalue weighted by Crippen LogP contribution is 2.32. The van der Waals surface area contributed by atoms with Crippen LogP contribution >= 0.6 is 0 Å². The van der Waals surface area contributed by atoms with Crippen molar-refractivity contribution in [3.8, 4) is 16.9 Å². The molecule has 1 aromatic heterocycles. The fourth-order valence-corrected chi connectivity index (χ4v) is 1.92. The maximum Gasteiger partial charge on any atom is 0.126 e. The van der Waals surface area contributed by atoms with Crippen LogP contribution in [0.2, 0.25) is 0 Å². The Bertz CT molecular complexity index is 523. The van der Waals surface area contributed by atoms with Gasteiger partial charge in [-0.2, -0.15) is 0 Å². The molecule has 0 bridgehead atoms. The molecule has 0 aliphatic rings. The van der Waals surface area contributed by atoms with Gasteiger partial charge in [-0.25, -0.2) is 4.98 Å². The number of nitrogens with zero attached hydrogens (tertiary/aromatic N) is 1. The van der Waals surface area contributed by atoms with Gasteiger partial charge in [0.2, 0.25) is 0 Å². The molecular formula is C14H16N2O. The van der Waals surface area contributed by atoms with Gasteiger partial charge in [-0.05, 0) is 24.1 Å². The van der Waals surface area contributed by atoms with Gasteiger partial charge in [0.1, 0.15) is 11.6 Å².